The van der Waals surface area contributed by atoms with Crippen LogP contribution < -0.4 is 18.9 Å². The number of sulfone groups is 1. The fraction of sp³-hybridized carbons (Fsp3) is 0.114. The van der Waals surface area contributed by atoms with Crippen molar-refractivity contribution >= 4 is 89.2 Å². The number of halogens is 16. The fourth-order valence-electron chi connectivity index (χ4n) is 15.4. The summed E-state index contributed by atoms with van der Waals surface area (Å²) < 4.78 is 349. The predicted octanol–water partition coefficient (Wildman–Crippen LogP) is 29.3. The third-order valence-corrected chi connectivity index (χ3v) is 30.4. The summed E-state index contributed by atoms with van der Waals surface area (Å²) in [6.45, 7) is 16.1. The zero-order valence-corrected chi connectivity index (χ0v) is 82.0. The number of aryl methyl sites for hydroxylation is 8. The molecule has 734 valence electrons. The number of benzene rings is 15. The number of nitriles is 1. The maximum Gasteiger partial charge on any atom is 0.425 e. The molecule has 0 heterocycles. The van der Waals surface area contributed by atoms with Crippen molar-refractivity contribution in [1.82, 2.24) is 0 Å². The molecule has 38 heteroatoms. The van der Waals surface area contributed by atoms with Gasteiger partial charge < -0.3 is 18.9 Å². The van der Waals surface area contributed by atoms with E-state index in [1.165, 1.54) is 65.2 Å². The lowest BCUT2D eigenvalue weighted by Gasteiger charge is -2.17. The second-order valence-electron chi connectivity index (χ2n) is 32.0. The van der Waals surface area contributed by atoms with Crippen LogP contribution in [0.15, 0.2) is 255 Å². The molecule has 0 bridgehead atoms. The standard InChI is InChI=1S/C59H46F8O6S6.C46H25F8NO5.O3S/c1-26-17-35(18-27(2)55(26)74-10)37-21-30(5)57(31(6)22-37)76-42-16-15-41(25-43(42)79(71,72)73)78(69,70)40-13-11-39(12-14-40)75-56-28(3)19-36(20-29(56)4)38-23-32(7)58(33(8)24-38)77-59-52(66)50(64)45(51(65)53(59)67)54(68)44-48(62)46(60)34(9)47(61)49(44)63;1-23-37(47)39(49)35(40(50)38(23)48)45(56)36-41(51)43(53)46(44(54)42(36)52)60-31-20-12-27(13-21-31)26-10-18-30(19-11-26)59-34-5-3-4-33(32(34)22-55)58-29-16-8-25(9-17-29)24-6-14-28(57-2)15-7-24;1-4(2)3/h11-25H,1-10H3,(H,71,72,73);3-21H,1-2H3;. The van der Waals surface area contributed by atoms with Gasteiger partial charge in [-0.25, -0.2) is 69.9 Å². The van der Waals surface area contributed by atoms with E-state index in [0.29, 0.717) is 58.1 Å². The van der Waals surface area contributed by atoms with Gasteiger partial charge in [-0.15, -0.1) is 24.4 Å². The molecule has 15 rings (SSSR count). The quantitative estimate of drug-likeness (QED) is 0.0184. The lowest BCUT2D eigenvalue weighted by molar-refractivity contribution is 0.100. The molecule has 0 aliphatic heterocycles. The molecule has 15 aromatic rings. The van der Waals surface area contributed by atoms with Gasteiger partial charge in [0, 0.05) is 40.5 Å². The van der Waals surface area contributed by atoms with Gasteiger partial charge in [0.25, 0.3) is 10.1 Å². The lowest BCUT2D eigenvalue weighted by Crippen LogP contribution is -2.18. The van der Waals surface area contributed by atoms with Crippen molar-refractivity contribution in [2.24, 2.45) is 0 Å². The number of methoxy groups -OCH3 is 1. The number of rotatable bonds is 25. The number of carbonyl (C=O) groups is 2. The van der Waals surface area contributed by atoms with E-state index in [1.807, 2.05) is 94.6 Å². The van der Waals surface area contributed by atoms with Crippen LogP contribution in [0.25, 0.3) is 44.5 Å². The number of hydrogen-bond donors (Lipinski definition) is 1. The van der Waals surface area contributed by atoms with Crippen LogP contribution in [0.4, 0.5) is 70.2 Å². The number of thioether (sulfide) groups is 1. The first kappa shape index (κ1) is 106. The summed E-state index contributed by atoms with van der Waals surface area (Å²) in [7, 11) is -10.7. The maximum absolute atomic E-state index is 15.6. The van der Waals surface area contributed by atoms with Gasteiger partial charge in [-0.3, -0.25) is 14.1 Å². The monoisotopic (exact) mass is 2100 g/mol. The normalized spacial score (nSPS) is 11.3. The number of hydrogen-bond acceptors (Lipinski definition) is 18. The van der Waals surface area contributed by atoms with Gasteiger partial charge in [0.05, 0.1) is 21.8 Å². The molecule has 0 aliphatic carbocycles. The van der Waals surface area contributed by atoms with Crippen molar-refractivity contribution < 1.29 is 133 Å². The molecule has 15 nitrogen and oxygen atoms in total. The Balaban J connectivity index is 0.000000239. The third-order valence-electron chi connectivity index (χ3n) is 22.4. The van der Waals surface area contributed by atoms with Crippen LogP contribution in [0, 0.1) is 174 Å². The molecule has 0 spiro atoms. The Morgan fingerprint density at radius 1 is 0.336 bits per heavy atom. The Morgan fingerprint density at radius 3 is 0.951 bits per heavy atom. The number of ketones is 2. The topological polar surface area (TPSA) is 235 Å². The number of carbonyl (C=O) groups excluding carboxylic acids is 2. The Labute approximate surface area is 826 Å². The molecule has 0 aromatic heterocycles. The van der Waals surface area contributed by atoms with Crippen LogP contribution in [0.2, 0.25) is 0 Å². The minimum absolute atomic E-state index is 0.122. The van der Waals surface area contributed by atoms with Crippen LogP contribution >= 0.6 is 47.0 Å². The minimum atomic E-state index is -4.90. The summed E-state index contributed by atoms with van der Waals surface area (Å²) in [5.74, 6) is -40.2. The summed E-state index contributed by atoms with van der Waals surface area (Å²) in [4.78, 5) is 27.1. The largest absolute Gasteiger partial charge is 0.497 e. The predicted molar refractivity (Wildman–Crippen MR) is 507 cm³/mol. The Hall–Kier alpha value is -13.9. The van der Waals surface area contributed by atoms with E-state index >= 15 is 35.1 Å². The molecule has 0 saturated carbocycles. The van der Waals surface area contributed by atoms with Crippen LogP contribution in [0.5, 0.6) is 40.2 Å². The van der Waals surface area contributed by atoms with Gasteiger partial charge in [-0.1, -0.05) is 138 Å². The first-order valence-electron chi connectivity index (χ1n) is 41.7. The molecule has 0 atom stereocenters. The van der Waals surface area contributed by atoms with Crippen molar-refractivity contribution in [1.29, 1.82) is 5.26 Å². The molecule has 0 amide bonds. The van der Waals surface area contributed by atoms with Gasteiger partial charge in [0.2, 0.25) is 38.8 Å². The molecule has 143 heavy (non-hydrogen) atoms. The molecule has 0 fully saturated rings. The molecule has 1 N–H and O–H groups in total. The van der Waals surface area contributed by atoms with E-state index in [-0.39, 0.29) is 54.2 Å². The van der Waals surface area contributed by atoms with E-state index in [4.69, 9.17) is 31.6 Å². The van der Waals surface area contributed by atoms with Gasteiger partial charge in [0.15, 0.2) is 81.4 Å². The molecular formula is C105H71F16NO14S7. The van der Waals surface area contributed by atoms with Gasteiger partial charge in [-0.05, 0) is 268 Å². The highest BCUT2D eigenvalue weighted by Crippen LogP contribution is 2.48. The van der Waals surface area contributed by atoms with Crippen LogP contribution in [-0.2, 0) is 30.6 Å². The van der Waals surface area contributed by atoms with Crippen molar-refractivity contribution in [2.75, 3.05) is 13.4 Å². The highest BCUT2D eigenvalue weighted by molar-refractivity contribution is 8.00. The zero-order chi connectivity index (χ0) is 104. The Morgan fingerprint density at radius 2 is 0.629 bits per heavy atom. The highest BCUT2D eigenvalue weighted by Gasteiger charge is 2.39. The average molecular weight is 2100 g/mol. The van der Waals surface area contributed by atoms with Crippen LogP contribution in [0.3, 0.4) is 0 Å². The number of ether oxygens (including phenoxy) is 4. The van der Waals surface area contributed by atoms with Crippen LogP contribution in [-0.4, -0.2) is 58.9 Å². The SMILES string of the molecule is COc1ccc(-c2ccc(Oc3cccc(Oc4ccc(-c5ccc(Oc6c(F)c(F)c(C(=O)c7c(F)c(F)c(C)c(F)c7F)c(F)c6F)cc5)cc4)c3C#N)cc2)cc1.CSc1c(C)cc(-c2cc(C)c(Sc3ccc(S(=O)(=O)c4ccc(Sc5c(C)cc(-c6cc(C)c(Sc7c(F)c(F)c(C(=O)c8c(F)c(F)c(C)c(F)c8F)c(F)c7F)c(C)c6)cc5C)cc4)cc3S(=O)(=O)O)c(C)c2)cc1C.O=S(=O)=O. The smallest absolute Gasteiger partial charge is 0.425 e. The van der Waals surface area contributed by atoms with Gasteiger partial charge >= 0.3 is 10.6 Å². The summed E-state index contributed by atoms with van der Waals surface area (Å²) in [5, 5.41) is 10.0. The second-order valence-corrected chi connectivity index (χ2v) is 39.7. The zero-order valence-electron chi connectivity index (χ0n) is 76.2. The number of nitrogens with zero attached hydrogens (tertiary/aromatic N) is 1. The fourth-order valence-corrected chi connectivity index (χ4v) is 21.5. The van der Waals surface area contributed by atoms with Gasteiger partial charge in [-0.2, -0.15) is 22.5 Å². The Bertz CT molecular complexity index is 7930. The van der Waals surface area contributed by atoms with Crippen molar-refractivity contribution in [3.8, 4) is 90.8 Å². The molecule has 0 aliphatic rings. The maximum atomic E-state index is 15.6. The summed E-state index contributed by atoms with van der Waals surface area (Å²) in [5.41, 5.74) is 2.37. The van der Waals surface area contributed by atoms with E-state index in [1.54, 1.807) is 112 Å². The second kappa shape index (κ2) is 43.5. The average Bonchev–Trinajstić information content (AvgIpc) is 0.755. The van der Waals surface area contributed by atoms with Crippen LogP contribution in [0.1, 0.15) is 93.0 Å². The van der Waals surface area contributed by atoms with E-state index < -0.39 is 184 Å². The molecule has 0 saturated heterocycles. The molecule has 0 radical (unpaired) electrons. The van der Waals surface area contributed by atoms with Crippen molar-refractivity contribution in [2.45, 2.75) is 118 Å². The summed E-state index contributed by atoms with van der Waals surface area (Å²) in [6, 6.07) is 58.8. The Kier molecular flexibility index (Phi) is 32.4. The molecule has 15 aromatic carbocycles. The van der Waals surface area contributed by atoms with E-state index in [2.05, 4.69) is 32.0 Å². The van der Waals surface area contributed by atoms with Crippen molar-refractivity contribution in [3.05, 3.63) is 383 Å². The minimum Gasteiger partial charge on any atom is -0.497 e. The lowest BCUT2D eigenvalue weighted by atomic mass is 9.97. The molecule has 0 unspecified atom stereocenters. The summed E-state index contributed by atoms with van der Waals surface area (Å²) in [6.07, 6.45) is 2.04. The van der Waals surface area contributed by atoms with Gasteiger partial charge in [0.1, 0.15) is 73.3 Å². The first-order chi connectivity index (χ1) is 67.5. The third kappa shape index (κ3) is 22.2. The van der Waals surface area contributed by atoms with E-state index in [0.717, 1.165) is 94.6 Å². The summed E-state index contributed by atoms with van der Waals surface area (Å²) >= 11 is 4.44. The van der Waals surface area contributed by atoms with E-state index in [9.17, 15) is 71.4 Å². The molecular weight excluding hydrogens is 2030 g/mol. The first-order valence-corrected chi connectivity index (χ1v) is 49.3. The highest BCUT2D eigenvalue weighted by atomic mass is 32.2. The van der Waals surface area contributed by atoms with Crippen molar-refractivity contribution in [3.63, 3.8) is 0 Å².